The molecule has 2 rings (SSSR count). The molecule has 0 fully saturated rings. The molecule has 0 saturated carbocycles. The summed E-state index contributed by atoms with van der Waals surface area (Å²) in [5.41, 5.74) is 2.73. The van der Waals surface area contributed by atoms with E-state index in [0.717, 1.165) is 23.1 Å². The number of benzene rings is 2. The standard InChI is InChI=1S/C23H32N2O5S/c1-5-29-22-10-7-6-9-21(22)25(31(4,27)28)13-8-11-23(26)24-12-14-30-20-16-18(2)15-19(3)17-20/h6-7,9-10,15-17H,5,8,11-14H2,1-4H3,(H,24,26). The number of nitrogens with zero attached hydrogens (tertiary/aromatic N) is 1. The van der Waals surface area contributed by atoms with Crippen molar-refractivity contribution in [3.8, 4) is 11.5 Å². The summed E-state index contributed by atoms with van der Waals surface area (Å²) in [6, 6.07) is 13.0. The Morgan fingerprint density at radius 2 is 1.74 bits per heavy atom. The Labute approximate surface area is 185 Å². The summed E-state index contributed by atoms with van der Waals surface area (Å²) in [6.45, 7) is 7.23. The van der Waals surface area contributed by atoms with Crippen LogP contribution < -0.4 is 19.1 Å². The van der Waals surface area contributed by atoms with Crippen molar-refractivity contribution in [2.45, 2.75) is 33.6 Å². The van der Waals surface area contributed by atoms with Crippen LogP contribution >= 0.6 is 0 Å². The Hall–Kier alpha value is -2.74. The van der Waals surface area contributed by atoms with E-state index in [-0.39, 0.29) is 18.9 Å². The number of nitrogens with one attached hydrogen (secondary N) is 1. The Bertz CT molecular complexity index is 955. The van der Waals surface area contributed by atoms with E-state index in [9.17, 15) is 13.2 Å². The first-order chi connectivity index (χ1) is 14.7. The van der Waals surface area contributed by atoms with Gasteiger partial charge >= 0.3 is 0 Å². The van der Waals surface area contributed by atoms with Gasteiger partial charge < -0.3 is 14.8 Å². The smallest absolute Gasteiger partial charge is 0.232 e. The van der Waals surface area contributed by atoms with Gasteiger partial charge in [-0.1, -0.05) is 18.2 Å². The van der Waals surface area contributed by atoms with Gasteiger partial charge in [0.05, 0.1) is 25.1 Å². The minimum atomic E-state index is -3.51. The zero-order chi connectivity index (χ0) is 22.9. The summed E-state index contributed by atoms with van der Waals surface area (Å²) in [5.74, 6) is 1.14. The van der Waals surface area contributed by atoms with Crippen molar-refractivity contribution >= 4 is 21.6 Å². The molecule has 8 heteroatoms. The molecular weight excluding hydrogens is 416 g/mol. The summed E-state index contributed by atoms with van der Waals surface area (Å²) in [4.78, 5) is 12.1. The number of para-hydroxylation sites is 2. The van der Waals surface area contributed by atoms with Gasteiger partial charge in [-0.3, -0.25) is 9.10 Å². The number of aryl methyl sites for hydroxylation is 2. The van der Waals surface area contributed by atoms with Crippen molar-refractivity contribution < 1.29 is 22.7 Å². The van der Waals surface area contributed by atoms with Gasteiger partial charge in [-0.25, -0.2) is 8.42 Å². The van der Waals surface area contributed by atoms with Crippen LogP contribution in [0, 0.1) is 13.8 Å². The van der Waals surface area contributed by atoms with Crippen LogP contribution in [0.3, 0.4) is 0 Å². The highest BCUT2D eigenvalue weighted by Gasteiger charge is 2.21. The van der Waals surface area contributed by atoms with Gasteiger partial charge in [0.15, 0.2) is 0 Å². The van der Waals surface area contributed by atoms with Crippen LogP contribution in [0.1, 0.15) is 30.9 Å². The fourth-order valence-electron chi connectivity index (χ4n) is 3.25. The Kier molecular flexibility index (Phi) is 9.18. The molecule has 2 aromatic carbocycles. The molecule has 0 unspecified atom stereocenters. The fourth-order valence-corrected chi connectivity index (χ4v) is 4.22. The van der Waals surface area contributed by atoms with Gasteiger partial charge in [0.25, 0.3) is 0 Å². The number of anilines is 1. The lowest BCUT2D eigenvalue weighted by Crippen LogP contribution is -2.33. The molecule has 0 aromatic heterocycles. The van der Waals surface area contributed by atoms with E-state index in [0.29, 0.717) is 37.6 Å². The van der Waals surface area contributed by atoms with Crippen molar-refractivity contribution in [1.29, 1.82) is 0 Å². The number of rotatable bonds is 12. The van der Waals surface area contributed by atoms with Crippen LogP contribution in [0.15, 0.2) is 42.5 Å². The molecule has 1 amide bonds. The zero-order valence-electron chi connectivity index (χ0n) is 18.7. The molecule has 0 aliphatic carbocycles. The summed E-state index contributed by atoms with van der Waals surface area (Å²) < 4.78 is 37.1. The maximum Gasteiger partial charge on any atom is 0.232 e. The number of carbonyl (C=O) groups excluding carboxylic acids is 1. The van der Waals surface area contributed by atoms with Gasteiger partial charge in [0.2, 0.25) is 15.9 Å². The highest BCUT2D eigenvalue weighted by Crippen LogP contribution is 2.30. The van der Waals surface area contributed by atoms with Crippen LogP contribution in [0.2, 0.25) is 0 Å². The van der Waals surface area contributed by atoms with Crippen molar-refractivity contribution in [1.82, 2.24) is 5.32 Å². The van der Waals surface area contributed by atoms with Gasteiger partial charge in [0.1, 0.15) is 18.1 Å². The summed E-state index contributed by atoms with van der Waals surface area (Å²) in [7, 11) is -3.51. The van der Waals surface area contributed by atoms with Gasteiger partial charge in [-0.15, -0.1) is 0 Å². The van der Waals surface area contributed by atoms with Gasteiger partial charge in [0, 0.05) is 13.0 Å². The second-order valence-corrected chi connectivity index (χ2v) is 9.27. The monoisotopic (exact) mass is 448 g/mol. The quantitative estimate of drug-likeness (QED) is 0.503. The molecule has 0 radical (unpaired) electrons. The fraction of sp³-hybridized carbons (Fsp3) is 0.435. The maximum absolute atomic E-state index is 12.3. The van der Waals surface area contributed by atoms with E-state index in [4.69, 9.17) is 9.47 Å². The van der Waals surface area contributed by atoms with Crippen LogP contribution in [0.25, 0.3) is 0 Å². The van der Waals surface area contributed by atoms with Gasteiger partial charge in [-0.05, 0) is 62.6 Å². The van der Waals surface area contributed by atoms with Crippen molar-refractivity contribution in [3.63, 3.8) is 0 Å². The van der Waals surface area contributed by atoms with Crippen molar-refractivity contribution in [2.75, 3.05) is 36.9 Å². The molecule has 0 bridgehead atoms. The number of hydrogen-bond donors (Lipinski definition) is 1. The van der Waals surface area contributed by atoms with E-state index in [1.54, 1.807) is 24.3 Å². The first kappa shape index (κ1) is 24.5. The van der Waals surface area contributed by atoms with Crippen molar-refractivity contribution in [3.05, 3.63) is 53.6 Å². The van der Waals surface area contributed by atoms with Crippen LogP contribution in [-0.2, 0) is 14.8 Å². The summed E-state index contributed by atoms with van der Waals surface area (Å²) in [6.07, 6.45) is 1.75. The average Bonchev–Trinajstić information content (AvgIpc) is 2.68. The first-order valence-corrected chi connectivity index (χ1v) is 12.2. The number of ether oxygens (including phenoxy) is 2. The van der Waals surface area contributed by atoms with E-state index < -0.39 is 10.0 Å². The van der Waals surface area contributed by atoms with Crippen LogP contribution in [-0.4, -0.2) is 46.9 Å². The molecule has 0 aliphatic heterocycles. The number of amides is 1. The summed E-state index contributed by atoms with van der Waals surface area (Å²) >= 11 is 0. The average molecular weight is 449 g/mol. The molecular formula is C23H32N2O5S. The Morgan fingerprint density at radius 3 is 2.39 bits per heavy atom. The predicted octanol–water partition coefficient (Wildman–Crippen LogP) is 3.44. The first-order valence-electron chi connectivity index (χ1n) is 10.4. The number of hydrogen-bond acceptors (Lipinski definition) is 5. The molecule has 0 saturated heterocycles. The zero-order valence-corrected chi connectivity index (χ0v) is 19.5. The largest absolute Gasteiger partial charge is 0.492 e. The second kappa shape index (κ2) is 11.6. The molecule has 0 aliphatic rings. The molecule has 7 nitrogen and oxygen atoms in total. The third-order valence-corrected chi connectivity index (χ3v) is 5.67. The third kappa shape index (κ3) is 8.13. The lowest BCUT2D eigenvalue weighted by Gasteiger charge is -2.24. The maximum atomic E-state index is 12.3. The van der Waals surface area contributed by atoms with Crippen molar-refractivity contribution in [2.24, 2.45) is 0 Å². The predicted molar refractivity (Wildman–Crippen MR) is 123 cm³/mol. The van der Waals surface area contributed by atoms with Gasteiger partial charge in [-0.2, -0.15) is 0 Å². The van der Waals surface area contributed by atoms with Crippen LogP contribution in [0.5, 0.6) is 11.5 Å². The Morgan fingerprint density at radius 1 is 1.06 bits per heavy atom. The molecule has 0 spiro atoms. The lowest BCUT2D eigenvalue weighted by atomic mass is 10.1. The SMILES string of the molecule is CCOc1ccccc1N(CCCC(=O)NCCOc1cc(C)cc(C)c1)S(C)(=O)=O. The topological polar surface area (TPSA) is 84.9 Å². The molecule has 0 heterocycles. The Balaban J connectivity index is 1.82. The van der Waals surface area contributed by atoms with E-state index in [2.05, 4.69) is 11.4 Å². The van der Waals surface area contributed by atoms with E-state index in [1.807, 2.05) is 32.9 Å². The lowest BCUT2D eigenvalue weighted by molar-refractivity contribution is -0.121. The molecule has 170 valence electrons. The van der Waals surface area contributed by atoms with E-state index in [1.165, 1.54) is 4.31 Å². The molecule has 31 heavy (non-hydrogen) atoms. The minimum Gasteiger partial charge on any atom is -0.492 e. The number of sulfonamides is 1. The highest BCUT2D eigenvalue weighted by molar-refractivity contribution is 7.92. The van der Waals surface area contributed by atoms with Crippen LogP contribution in [0.4, 0.5) is 5.69 Å². The molecule has 0 atom stereocenters. The summed E-state index contributed by atoms with van der Waals surface area (Å²) in [5, 5.41) is 2.81. The van der Waals surface area contributed by atoms with E-state index >= 15 is 0 Å². The number of carbonyl (C=O) groups is 1. The highest BCUT2D eigenvalue weighted by atomic mass is 32.2. The third-order valence-electron chi connectivity index (χ3n) is 4.49. The molecule has 1 N–H and O–H groups in total. The second-order valence-electron chi connectivity index (χ2n) is 7.36. The normalized spacial score (nSPS) is 11.1. The minimum absolute atomic E-state index is 0.143. The molecule has 2 aromatic rings.